The summed E-state index contributed by atoms with van der Waals surface area (Å²) in [6, 6.07) is -0.0833. The molecule has 1 amide bonds. The molecule has 0 saturated carbocycles. The highest BCUT2D eigenvalue weighted by Gasteiger charge is 2.18. The molecule has 1 unspecified atom stereocenters. The van der Waals surface area contributed by atoms with Crippen molar-refractivity contribution in [1.82, 2.24) is 5.32 Å². The first kappa shape index (κ1) is 17.7. The number of halogens is 3. The summed E-state index contributed by atoms with van der Waals surface area (Å²) in [7, 11) is 0. The topological polar surface area (TPSA) is 55.1 Å². The molecule has 1 aliphatic rings. The number of hydrogen-bond donors (Lipinski definition) is 2. The van der Waals surface area contributed by atoms with Crippen molar-refractivity contribution in [1.29, 1.82) is 0 Å². The van der Waals surface area contributed by atoms with Gasteiger partial charge in [0.2, 0.25) is 5.91 Å². The number of rotatable bonds is 1. The summed E-state index contributed by atoms with van der Waals surface area (Å²) in [6.07, 6.45) is 0. The maximum atomic E-state index is 10.3. The van der Waals surface area contributed by atoms with Gasteiger partial charge in [-0.15, -0.1) is 49.0 Å². The Morgan fingerprint density at radius 3 is 2.18 bits per heavy atom. The van der Waals surface area contributed by atoms with Gasteiger partial charge in [0, 0.05) is 11.6 Å². The summed E-state index contributed by atoms with van der Waals surface area (Å²) in [6.45, 7) is 0. The molecule has 1 rings (SSSR count). The van der Waals surface area contributed by atoms with E-state index in [1.807, 2.05) is 0 Å². The summed E-state index contributed by atoms with van der Waals surface area (Å²) in [5.41, 5.74) is 4.98. The molecule has 0 radical (unpaired) electrons. The first-order valence-electron chi connectivity index (χ1n) is 2.41. The fourth-order valence-electron chi connectivity index (χ4n) is 0.578. The first-order chi connectivity index (χ1) is 3.80. The molecule has 1 heterocycles. The van der Waals surface area contributed by atoms with Gasteiger partial charge in [0.1, 0.15) is 0 Å². The lowest BCUT2D eigenvalue weighted by atomic mass is 10.3. The quantitative estimate of drug-likeness (QED) is 0.699. The van der Waals surface area contributed by atoms with E-state index >= 15 is 0 Å². The number of primary amides is 1. The van der Waals surface area contributed by atoms with Crippen LogP contribution in [0.3, 0.4) is 0 Å². The van der Waals surface area contributed by atoms with Crippen LogP contribution in [-0.4, -0.2) is 23.6 Å². The Kier molecular flexibility index (Phi) is 14.0. The summed E-state index contributed by atoms with van der Waals surface area (Å²) in [5, 5.41) is 2.94. The molecule has 0 aromatic rings. The number of carbonyl (C=O) groups is 1. The number of carbonyl (C=O) groups excluding carboxylic acids is 1. The van der Waals surface area contributed by atoms with Crippen molar-refractivity contribution in [3.05, 3.63) is 0 Å². The maximum Gasteiger partial charge on any atom is 0.235 e. The van der Waals surface area contributed by atoms with Gasteiger partial charge in [0.15, 0.2) is 0 Å². The monoisotopic (exact) mass is 240 g/mol. The molecule has 1 atom stereocenters. The molecular formula is C4H11Cl3N2OS. The number of amides is 1. The minimum Gasteiger partial charge on any atom is -0.368 e. The molecule has 0 aliphatic carbocycles. The van der Waals surface area contributed by atoms with Crippen molar-refractivity contribution >= 4 is 54.9 Å². The van der Waals surface area contributed by atoms with Crippen molar-refractivity contribution in [2.24, 2.45) is 5.73 Å². The summed E-state index contributed by atoms with van der Waals surface area (Å²) >= 11 is 1.70. The van der Waals surface area contributed by atoms with E-state index in [4.69, 9.17) is 5.73 Å². The maximum absolute atomic E-state index is 10.3. The first-order valence-corrected chi connectivity index (χ1v) is 3.56. The van der Waals surface area contributed by atoms with Gasteiger partial charge in [0.25, 0.3) is 0 Å². The summed E-state index contributed by atoms with van der Waals surface area (Å²) < 4.78 is 0. The average molecular weight is 242 g/mol. The van der Waals surface area contributed by atoms with E-state index in [-0.39, 0.29) is 49.2 Å². The van der Waals surface area contributed by atoms with E-state index in [1.54, 1.807) is 11.8 Å². The van der Waals surface area contributed by atoms with Crippen LogP contribution in [0.25, 0.3) is 0 Å². The zero-order valence-electron chi connectivity index (χ0n) is 5.61. The molecule has 11 heavy (non-hydrogen) atoms. The third-order valence-electron chi connectivity index (χ3n) is 1.06. The Morgan fingerprint density at radius 1 is 1.45 bits per heavy atom. The lowest BCUT2D eigenvalue weighted by Gasteiger charge is -1.99. The van der Waals surface area contributed by atoms with Crippen LogP contribution in [0.15, 0.2) is 0 Å². The zero-order chi connectivity index (χ0) is 5.98. The smallest absolute Gasteiger partial charge is 0.235 e. The molecule has 1 fully saturated rings. The van der Waals surface area contributed by atoms with Crippen molar-refractivity contribution in [3.63, 3.8) is 0 Å². The number of thioether (sulfide) groups is 1. The molecule has 0 aromatic heterocycles. The van der Waals surface area contributed by atoms with Crippen LogP contribution in [0, 0.1) is 0 Å². The van der Waals surface area contributed by atoms with E-state index in [0.717, 1.165) is 11.6 Å². The van der Waals surface area contributed by atoms with Crippen LogP contribution in [0.5, 0.6) is 0 Å². The number of nitrogens with two attached hydrogens (primary N) is 1. The fourth-order valence-corrected chi connectivity index (χ4v) is 1.53. The Bertz CT molecular complexity index is 110. The predicted octanol–water partition coefficient (Wildman–Crippen LogP) is 0.400. The van der Waals surface area contributed by atoms with Crippen molar-refractivity contribution in [2.75, 3.05) is 11.6 Å². The van der Waals surface area contributed by atoms with Gasteiger partial charge in [-0.3, -0.25) is 10.1 Å². The second-order valence-electron chi connectivity index (χ2n) is 1.67. The highest BCUT2D eigenvalue weighted by molar-refractivity contribution is 7.99. The predicted molar refractivity (Wildman–Crippen MR) is 55.2 cm³/mol. The molecule has 0 spiro atoms. The second-order valence-corrected chi connectivity index (χ2v) is 2.70. The van der Waals surface area contributed by atoms with Gasteiger partial charge in [-0.05, 0) is 0 Å². The van der Waals surface area contributed by atoms with Gasteiger partial charge in [-0.25, -0.2) is 0 Å². The number of nitrogens with one attached hydrogen (secondary N) is 1. The number of hydrogen-bond acceptors (Lipinski definition) is 3. The largest absolute Gasteiger partial charge is 0.368 e. The second kappa shape index (κ2) is 8.74. The Labute approximate surface area is 88.5 Å². The van der Waals surface area contributed by atoms with E-state index in [2.05, 4.69) is 5.32 Å². The van der Waals surface area contributed by atoms with Crippen LogP contribution in [-0.2, 0) is 4.79 Å². The van der Waals surface area contributed by atoms with E-state index in [9.17, 15) is 4.79 Å². The van der Waals surface area contributed by atoms with E-state index < -0.39 is 0 Å². The van der Waals surface area contributed by atoms with Gasteiger partial charge >= 0.3 is 0 Å². The van der Waals surface area contributed by atoms with Crippen molar-refractivity contribution in [2.45, 2.75) is 6.04 Å². The zero-order valence-corrected chi connectivity index (χ0v) is 8.88. The molecule has 3 N–H and O–H groups in total. The standard InChI is InChI=1S/C4H8N2OS.3ClH/c5-4(7)3-1-8-2-6-3;;;/h3,6H,1-2H2,(H2,5,7);3*1H. The van der Waals surface area contributed by atoms with E-state index in [1.165, 1.54) is 0 Å². The van der Waals surface area contributed by atoms with Crippen molar-refractivity contribution in [3.8, 4) is 0 Å². The third kappa shape index (κ3) is 5.87. The lowest BCUT2D eigenvalue weighted by Crippen LogP contribution is -2.38. The fraction of sp³-hybridized carbons (Fsp3) is 0.750. The average Bonchev–Trinajstić information content (AvgIpc) is 2.12. The SMILES string of the molecule is Cl.Cl.Cl.NC(=O)C1CSCN1. The minimum atomic E-state index is -0.241. The van der Waals surface area contributed by atoms with Crippen LogP contribution in [0.1, 0.15) is 0 Å². The van der Waals surface area contributed by atoms with Gasteiger partial charge in [0.05, 0.1) is 6.04 Å². The molecule has 1 aliphatic heterocycles. The normalized spacial score (nSPS) is 20.5. The third-order valence-corrected chi connectivity index (χ3v) is 2.00. The molecule has 0 bridgehead atoms. The molecule has 1 saturated heterocycles. The highest BCUT2D eigenvalue weighted by atomic mass is 35.5. The minimum absolute atomic E-state index is 0. The van der Waals surface area contributed by atoms with Gasteiger partial charge in [-0.1, -0.05) is 0 Å². The molecule has 70 valence electrons. The Hall–Kier alpha value is 0.650. The molecular weight excluding hydrogens is 230 g/mol. The lowest BCUT2D eigenvalue weighted by molar-refractivity contribution is -0.119. The Balaban J connectivity index is -0.000000213. The summed E-state index contributed by atoms with van der Waals surface area (Å²) in [4.78, 5) is 10.3. The summed E-state index contributed by atoms with van der Waals surface area (Å²) in [5.74, 6) is 1.44. The van der Waals surface area contributed by atoms with Crippen LogP contribution < -0.4 is 11.1 Å². The van der Waals surface area contributed by atoms with Crippen LogP contribution >= 0.6 is 49.0 Å². The van der Waals surface area contributed by atoms with Crippen LogP contribution in [0.2, 0.25) is 0 Å². The molecule has 0 aromatic carbocycles. The highest BCUT2D eigenvalue weighted by Crippen LogP contribution is 2.07. The van der Waals surface area contributed by atoms with E-state index in [0.29, 0.717) is 0 Å². The van der Waals surface area contributed by atoms with Gasteiger partial charge < -0.3 is 5.73 Å². The molecule has 7 heteroatoms. The molecule has 3 nitrogen and oxygen atoms in total. The van der Waals surface area contributed by atoms with Crippen molar-refractivity contribution < 1.29 is 4.79 Å². The van der Waals surface area contributed by atoms with Crippen LogP contribution in [0.4, 0.5) is 0 Å². The Morgan fingerprint density at radius 2 is 2.00 bits per heavy atom. The van der Waals surface area contributed by atoms with Gasteiger partial charge in [-0.2, -0.15) is 0 Å².